The van der Waals surface area contributed by atoms with E-state index in [9.17, 15) is 4.79 Å². The molecule has 3 aliphatic heterocycles. The molecule has 2 aromatic rings. The topological polar surface area (TPSA) is 53.9 Å². The molecule has 0 unspecified atom stereocenters. The highest BCUT2D eigenvalue weighted by Crippen LogP contribution is 2.54. The Hall–Kier alpha value is -2.28. The van der Waals surface area contributed by atoms with Gasteiger partial charge in [0.25, 0.3) is 0 Å². The molecule has 204 valence electrons. The van der Waals surface area contributed by atoms with Crippen molar-refractivity contribution in [3.05, 3.63) is 71.8 Å². The van der Waals surface area contributed by atoms with Gasteiger partial charge in [0.1, 0.15) is 0 Å². The van der Waals surface area contributed by atoms with Crippen LogP contribution in [0.15, 0.2) is 65.7 Å². The van der Waals surface area contributed by atoms with Crippen LogP contribution in [0.3, 0.4) is 0 Å². The first-order valence-electron chi connectivity index (χ1n) is 14.4. The fourth-order valence-electron chi connectivity index (χ4n) is 6.70. The summed E-state index contributed by atoms with van der Waals surface area (Å²) in [5.74, 6) is 1.18. The maximum atomic E-state index is 14.1. The Bertz CT molecular complexity index is 1130. The third-order valence-electron chi connectivity index (χ3n) is 9.82. The van der Waals surface area contributed by atoms with Gasteiger partial charge in [0.05, 0.1) is 0 Å². The third-order valence-corrected chi connectivity index (χ3v) is 14.4. The van der Waals surface area contributed by atoms with Gasteiger partial charge >= 0.3 is 0 Å². The van der Waals surface area contributed by atoms with Gasteiger partial charge in [-0.1, -0.05) is 81.4 Å². The summed E-state index contributed by atoms with van der Waals surface area (Å²) >= 11 is 0. The maximum Gasteiger partial charge on any atom is 0.250 e. The van der Waals surface area contributed by atoms with E-state index < -0.39 is 13.9 Å². The summed E-state index contributed by atoms with van der Waals surface area (Å²) in [4.78, 5) is 21.8. The van der Waals surface area contributed by atoms with E-state index >= 15 is 0 Å². The predicted molar refractivity (Wildman–Crippen MR) is 158 cm³/mol. The molecule has 0 spiro atoms. The van der Waals surface area contributed by atoms with Crippen molar-refractivity contribution < 1.29 is 9.22 Å². The number of rotatable bonds is 10. The Balaban J connectivity index is 1.37. The van der Waals surface area contributed by atoms with Crippen molar-refractivity contribution in [1.29, 1.82) is 0 Å². The summed E-state index contributed by atoms with van der Waals surface area (Å²) < 4.78 is 6.65. The summed E-state index contributed by atoms with van der Waals surface area (Å²) in [6.07, 6.45) is 5.15. The number of carbonyl (C=O) groups excluding carboxylic acids is 1. The quantitative estimate of drug-likeness (QED) is 0.399. The van der Waals surface area contributed by atoms with Gasteiger partial charge in [-0.2, -0.15) is 0 Å². The van der Waals surface area contributed by atoms with E-state index in [0.717, 1.165) is 44.5 Å². The molecule has 5 atom stereocenters. The van der Waals surface area contributed by atoms with Gasteiger partial charge in [-0.15, -0.1) is 0 Å². The van der Waals surface area contributed by atoms with Crippen LogP contribution in [0.2, 0.25) is 18.1 Å². The van der Waals surface area contributed by atoms with Gasteiger partial charge in [0, 0.05) is 44.4 Å². The van der Waals surface area contributed by atoms with Gasteiger partial charge in [-0.25, -0.2) is 0 Å². The number of likely N-dealkylation sites (tertiary alicyclic amines) is 1. The molecule has 1 N–H and O–H groups in total. The summed E-state index contributed by atoms with van der Waals surface area (Å²) in [6.45, 7) is 14.8. The van der Waals surface area contributed by atoms with E-state index in [-0.39, 0.29) is 22.9 Å². The molecule has 6 rings (SSSR count). The maximum absolute atomic E-state index is 14.1. The average molecular weight is 532 g/mol. The minimum absolute atomic E-state index is 0.100. The first-order chi connectivity index (χ1) is 18.1. The fourth-order valence-corrected chi connectivity index (χ4v) is 7.76. The number of nitrogens with zero attached hydrogens (tertiary/aromatic N) is 2. The number of hydrogen-bond donors (Lipinski definition) is 1. The van der Waals surface area contributed by atoms with E-state index in [1.54, 1.807) is 0 Å². The minimum atomic E-state index is -1.83. The average Bonchev–Trinajstić information content (AvgIpc) is 3.16. The first kappa shape index (κ1) is 27.3. The lowest BCUT2D eigenvalue weighted by atomic mass is 9.60. The molecule has 4 aliphatic rings. The molecule has 4 bridgehead atoms. The minimum Gasteiger partial charge on any atom is -0.417 e. The van der Waals surface area contributed by atoms with Gasteiger partial charge in [0.15, 0.2) is 13.9 Å². The number of benzene rings is 2. The zero-order valence-corrected chi connectivity index (χ0v) is 24.8. The van der Waals surface area contributed by atoms with Gasteiger partial charge in [-0.05, 0) is 60.4 Å². The highest BCUT2D eigenvalue weighted by Gasteiger charge is 2.67. The normalized spacial score (nSPS) is 28.6. The third kappa shape index (κ3) is 5.15. The molecule has 2 fully saturated rings. The van der Waals surface area contributed by atoms with Gasteiger partial charge in [0.2, 0.25) is 5.91 Å². The van der Waals surface area contributed by atoms with Crippen LogP contribution < -0.4 is 5.32 Å². The van der Waals surface area contributed by atoms with Crippen LogP contribution in [-0.4, -0.2) is 56.6 Å². The smallest absolute Gasteiger partial charge is 0.250 e. The molecule has 1 aliphatic carbocycles. The van der Waals surface area contributed by atoms with Crippen LogP contribution in [0.4, 0.5) is 0 Å². The van der Waals surface area contributed by atoms with Crippen LogP contribution in [0.1, 0.15) is 44.7 Å². The van der Waals surface area contributed by atoms with Gasteiger partial charge < -0.3 is 9.74 Å². The summed E-state index contributed by atoms with van der Waals surface area (Å²) in [5.41, 5.74) is 1.78. The van der Waals surface area contributed by atoms with E-state index in [0.29, 0.717) is 18.4 Å². The highest BCUT2D eigenvalue weighted by molar-refractivity contribution is 6.74. The standard InChI is InChI=1S/C32H45N3O2Si/c1-31(2,3)38(4,5)37-19-17-28-26-20-27-23-35(18-16-24-12-8-6-9-13-24)29(28)32(27,34-22-26)30(36)33-21-25-14-10-7-11-15-25/h6-15,22,26-29H,16-21,23H2,1-5H3,(H,33,36)/t26-,27-,28+,29-,32-/m0/s1. The van der Waals surface area contributed by atoms with Crippen molar-refractivity contribution in [1.82, 2.24) is 10.2 Å². The number of aliphatic imine (C=N–C) groups is 1. The van der Waals surface area contributed by atoms with Crippen molar-refractivity contribution in [2.24, 2.45) is 22.7 Å². The lowest BCUT2D eigenvalue weighted by molar-refractivity contribution is -0.132. The lowest BCUT2D eigenvalue weighted by Gasteiger charge is -2.51. The number of nitrogens with one attached hydrogen (secondary N) is 1. The van der Waals surface area contributed by atoms with Crippen LogP contribution in [0.5, 0.6) is 0 Å². The predicted octanol–water partition coefficient (Wildman–Crippen LogP) is 5.72. The van der Waals surface area contributed by atoms with Crippen molar-refractivity contribution in [2.75, 3.05) is 19.7 Å². The molecular formula is C32H45N3O2Si. The Morgan fingerprint density at radius 2 is 1.74 bits per heavy atom. The summed E-state index contributed by atoms with van der Waals surface area (Å²) in [7, 11) is -1.83. The first-order valence-corrected chi connectivity index (χ1v) is 17.3. The molecule has 0 aromatic heterocycles. The number of amides is 1. The molecule has 5 nitrogen and oxygen atoms in total. The number of hydrogen-bond acceptors (Lipinski definition) is 4. The Kier molecular flexibility index (Phi) is 7.69. The zero-order chi connectivity index (χ0) is 27.0. The molecule has 2 aromatic carbocycles. The van der Waals surface area contributed by atoms with Crippen LogP contribution >= 0.6 is 0 Å². The van der Waals surface area contributed by atoms with Crippen LogP contribution in [0, 0.1) is 17.8 Å². The SMILES string of the molecule is CC(C)(C)[Si](C)(C)OCC[C@@H]1[C@@H]2C=N[C@@]3(C(=O)NCc4ccccc4)[C@@H](C2)CN(CCc2ccccc2)[C@@H]13. The molecule has 1 saturated heterocycles. The molecule has 0 radical (unpaired) electrons. The van der Waals surface area contributed by atoms with Crippen LogP contribution in [0.25, 0.3) is 0 Å². The second-order valence-electron chi connectivity index (χ2n) is 13.1. The summed E-state index contributed by atoms with van der Waals surface area (Å²) in [6, 6.07) is 21.0. The molecule has 6 heteroatoms. The molecule has 3 heterocycles. The monoisotopic (exact) mass is 531 g/mol. The molecular weight excluding hydrogens is 486 g/mol. The lowest BCUT2D eigenvalue weighted by Crippen LogP contribution is -2.65. The van der Waals surface area contributed by atoms with E-state index in [1.165, 1.54) is 5.56 Å². The molecule has 1 saturated carbocycles. The van der Waals surface area contributed by atoms with Crippen molar-refractivity contribution in [3.63, 3.8) is 0 Å². The largest absolute Gasteiger partial charge is 0.417 e. The fraction of sp³-hybridized carbons (Fsp3) is 0.562. The van der Waals surface area contributed by atoms with Crippen molar-refractivity contribution >= 4 is 20.4 Å². The highest BCUT2D eigenvalue weighted by atomic mass is 28.4. The van der Waals surface area contributed by atoms with E-state index in [2.05, 4.69) is 92.8 Å². The van der Waals surface area contributed by atoms with Crippen molar-refractivity contribution in [2.45, 2.75) is 76.3 Å². The Morgan fingerprint density at radius 1 is 1.08 bits per heavy atom. The van der Waals surface area contributed by atoms with E-state index in [1.807, 2.05) is 18.2 Å². The van der Waals surface area contributed by atoms with Gasteiger partial charge in [-0.3, -0.25) is 14.7 Å². The second kappa shape index (κ2) is 10.7. The van der Waals surface area contributed by atoms with E-state index in [4.69, 9.17) is 9.42 Å². The number of carbonyl (C=O) groups is 1. The zero-order valence-electron chi connectivity index (χ0n) is 23.8. The Morgan fingerprint density at radius 3 is 2.39 bits per heavy atom. The van der Waals surface area contributed by atoms with Crippen LogP contribution in [-0.2, 0) is 22.2 Å². The Labute approximate surface area is 230 Å². The molecule has 1 amide bonds. The summed E-state index contributed by atoms with van der Waals surface area (Å²) in [5, 5.41) is 3.49. The molecule has 38 heavy (non-hydrogen) atoms. The second-order valence-corrected chi connectivity index (χ2v) is 17.9. The van der Waals surface area contributed by atoms with Crippen molar-refractivity contribution in [3.8, 4) is 0 Å².